The maximum absolute atomic E-state index is 12.7. The van der Waals surface area contributed by atoms with Crippen LogP contribution < -0.4 is 10.1 Å². The fourth-order valence-electron chi connectivity index (χ4n) is 3.82. The van der Waals surface area contributed by atoms with E-state index in [1.165, 1.54) is 12.8 Å². The minimum absolute atomic E-state index is 0.0214. The summed E-state index contributed by atoms with van der Waals surface area (Å²) in [6.07, 6.45) is 3.63. The number of carbonyl (C=O) groups is 1. The van der Waals surface area contributed by atoms with Crippen molar-refractivity contribution in [3.05, 3.63) is 30.0 Å². The highest BCUT2D eigenvalue weighted by atomic mass is 16.5. The molecular formula is C19H25N3O2. The highest BCUT2D eigenvalue weighted by Gasteiger charge is 2.25. The van der Waals surface area contributed by atoms with E-state index in [9.17, 15) is 4.79 Å². The monoisotopic (exact) mass is 327 g/mol. The molecule has 0 radical (unpaired) electrons. The van der Waals surface area contributed by atoms with Crippen LogP contribution in [0.2, 0.25) is 0 Å². The number of hydrogen-bond acceptors (Lipinski definition) is 3. The van der Waals surface area contributed by atoms with Crippen LogP contribution in [0.1, 0.15) is 36.7 Å². The van der Waals surface area contributed by atoms with Crippen molar-refractivity contribution in [2.24, 2.45) is 0 Å². The van der Waals surface area contributed by atoms with Crippen molar-refractivity contribution in [2.75, 3.05) is 26.2 Å². The lowest BCUT2D eigenvalue weighted by Crippen LogP contribution is -2.35. The van der Waals surface area contributed by atoms with E-state index in [4.69, 9.17) is 4.74 Å². The summed E-state index contributed by atoms with van der Waals surface area (Å²) < 4.78 is 8.17. The van der Waals surface area contributed by atoms with Crippen LogP contribution in [0.4, 0.5) is 0 Å². The maximum atomic E-state index is 12.7. The molecule has 1 saturated heterocycles. The first kappa shape index (κ1) is 15.5. The van der Waals surface area contributed by atoms with Crippen LogP contribution >= 0.6 is 0 Å². The van der Waals surface area contributed by atoms with E-state index in [-0.39, 0.29) is 12.0 Å². The predicted octanol–water partition coefficient (Wildman–Crippen LogP) is 2.64. The van der Waals surface area contributed by atoms with Crippen LogP contribution in [-0.2, 0) is 6.54 Å². The van der Waals surface area contributed by atoms with Gasteiger partial charge in [-0.1, -0.05) is 19.1 Å². The Kier molecular flexibility index (Phi) is 4.19. The van der Waals surface area contributed by atoms with E-state index in [2.05, 4.69) is 21.7 Å². The highest BCUT2D eigenvalue weighted by Crippen LogP contribution is 2.34. The summed E-state index contributed by atoms with van der Waals surface area (Å²) in [6, 6.07) is 8.03. The molecule has 3 heterocycles. The first-order valence-electron chi connectivity index (χ1n) is 9.05. The summed E-state index contributed by atoms with van der Waals surface area (Å²) in [4.78, 5) is 15.1. The minimum Gasteiger partial charge on any atom is -0.486 e. The smallest absolute Gasteiger partial charge is 0.267 e. The quantitative estimate of drug-likeness (QED) is 0.918. The second kappa shape index (κ2) is 6.48. The van der Waals surface area contributed by atoms with Crippen molar-refractivity contribution in [2.45, 2.75) is 38.8 Å². The third-order valence-electron chi connectivity index (χ3n) is 5.16. The van der Waals surface area contributed by atoms with Gasteiger partial charge in [-0.3, -0.25) is 4.79 Å². The molecule has 1 aromatic heterocycles. The molecule has 2 aliphatic heterocycles. The fourth-order valence-corrected chi connectivity index (χ4v) is 3.82. The highest BCUT2D eigenvalue weighted by molar-refractivity contribution is 6.00. The molecule has 1 atom stereocenters. The molecule has 24 heavy (non-hydrogen) atoms. The summed E-state index contributed by atoms with van der Waals surface area (Å²) >= 11 is 0. The van der Waals surface area contributed by atoms with Crippen LogP contribution in [0.3, 0.4) is 0 Å². The first-order valence-corrected chi connectivity index (χ1v) is 9.05. The van der Waals surface area contributed by atoms with Crippen molar-refractivity contribution < 1.29 is 9.53 Å². The van der Waals surface area contributed by atoms with Crippen molar-refractivity contribution in [1.29, 1.82) is 0 Å². The van der Waals surface area contributed by atoms with E-state index in [0.29, 0.717) is 6.54 Å². The maximum Gasteiger partial charge on any atom is 0.267 e. The van der Waals surface area contributed by atoms with Gasteiger partial charge in [-0.05, 0) is 44.5 Å². The van der Waals surface area contributed by atoms with Gasteiger partial charge in [0.05, 0.1) is 12.1 Å². The molecule has 128 valence electrons. The number of hydrogen-bond donors (Lipinski definition) is 1. The Balaban J connectivity index is 1.53. The number of ether oxygens (including phenoxy) is 1. The third kappa shape index (κ3) is 2.77. The standard InChI is InChI=1S/C19H25N3O2/c1-2-15-13-22-16(12-14-6-5-7-17(24-15)18(14)22)19(23)20-8-11-21-9-3-4-10-21/h5-7,12,15H,2-4,8-11,13H2,1H3,(H,20,23)/t15-/m0/s1. The molecule has 0 aliphatic carbocycles. The van der Waals surface area contributed by atoms with Crippen LogP contribution in [0.15, 0.2) is 24.3 Å². The molecule has 4 rings (SSSR count). The zero-order valence-electron chi connectivity index (χ0n) is 14.3. The van der Waals surface area contributed by atoms with Crippen molar-refractivity contribution >= 4 is 16.8 Å². The predicted molar refractivity (Wildman–Crippen MR) is 94.7 cm³/mol. The molecule has 2 aliphatic rings. The van der Waals surface area contributed by atoms with Gasteiger partial charge in [0, 0.05) is 18.5 Å². The summed E-state index contributed by atoms with van der Waals surface area (Å²) in [5.41, 5.74) is 1.80. The lowest BCUT2D eigenvalue weighted by Gasteiger charge is -2.26. The van der Waals surface area contributed by atoms with Gasteiger partial charge in [0.25, 0.3) is 5.91 Å². The summed E-state index contributed by atoms with van der Waals surface area (Å²) in [5, 5.41) is 4.17. The zero-order chi connectivity index (χ0) is 16.5. The Morgan fingerprint density at radius 2 is 2.17 bits per heavy atom. The average Bonchev–Trinajstić information content (AvgIpc) is 3.24. The Bertz CT molecular complexity index is 746. The van der Waals surface area contributed by atoms with Crippen LogP contribution in [0, 0.1) is 0 Å². The van der Waals surface area contributed by atoms with Gasteiger partial charge in [-0.2, -0.15) is 0 Å². The lowest BCUT2D eigenvalue weighted by molar-refractivity contribution is 0.0934. The number of nitrogens with zero attached hydrogens (tertiary/aromatic N) is 2. The van der Waals surface area contributed by atoms with Gasteiger partial charge >= 0.3 is 0 Å². The Morgan fingerprint density at radius 3 is 2.96 bits per heavy atom. The summed E-state index contributed by atoms with van der Waals surface area (Å²) in [7, 11) is 0. The lowest BCUT2D eigenvalue weighted by atomic mass is 10.2. The topological polar surface area (TPSA) is 46.5 Å². The van der Waals surface area contributed by atoms with Crippen molar-refractivity contribution in [3.8, 4) is 5.75 Å². The molecule has 0 spiro atoms. The number of carbonyl (C=O) groups excluding carboxylic acids is 1. The van der Waals surface area contributed by atoms with Gasteiger partial charge in [0.1, 0.15) is 17.5 Å². The molecule has 0 saturated carbocycles. The van der Waals surface area contributed by atoms with E-state index in [1.54, 1.807) is 0 Å². The average molecular weight is 327 g/mol. The number of benzene rings is 1. The second-order valence-corrected chi connectivity index (χ2v) is 6.79. The molecule has 5 nitrogen and oxygen atoms in total. The molecule has 1 amide bonds. The minimum atomic E-state index is 0.0214. The number of aromatic nitrogens is 1. The summed E-state index contributed by atoms with van der Waals surface area (Å²) in [5.74, 6) is 0.912. The van der Waals surface area contributed by atoms with Gasteiger partial charge in [-0.25, -0.2) is 0 Å². The Hall–Kier alpha value is -2.01. The van der Waals surface area contributed by atoms with Crippen LogP contribution in [-0.4, -0.2) is 47.7 Å². The molecule has 0 bridgehead atoms. The van der Waals surface area contributed by atoms with E-state index in [1.807, 2.05) is 24.3 Å². The van der Waals surface area contributed by atoms with Gasteiger partial charge < -0.3 is 19.5 Å². The SMILES string of the molecule is CC[C@H]1Cn2c(C(=O)NCCN3CCCC3)cc3cccc(c32)O1. The zero-order valence-corrected chi connectivity index (χ0v) is 14.3. The second-order valence-electron chi connectivity index (χ2n) is 6.79. The number of para-hydroxylation sites is 1. The molecule has 1 aromatic carbocycles. The van der Waals surface area contributed by atoms with Crippen LogP contribution in [0.5, 0.6) is 5.75 Å². The van der Waals surface area contributed by atoms with Gasteiger partial charge in [0.15, 0.2) is 0 Å². The van der Waals surface area contributed by atoms with Crippen LogP contribution in [0.25, 0.3) is 10.9 Å². The summed E-state index contributed by atoms with van der Waals surface area (Å²) in [6.45, 7) is 6.84. The molecule has 2 aromatic rings. The molecular weight excluding hydrogens is 302 g/mol. The first-order chi connectivity index (χ1) is 11.8. The van der Waals surface area contributed by atoms with E-state index < -0.39 is 0 Å². The van der Waals surface area contributed by atoms with Gasteiger partial charge in [0.2, 0.25) is 0 Å². The Morgan fingerprint density at radius 1 is 1.33 bits per heavy atom. The largest absolute Gasteiger partial charge is 0.486 e. The van der Waals surface area contributed by atoms with Gasteiger partial charge in [-0.15, -0.1) is 0 Å². The number of nitrogens with one attached hydrogen (secondary N) is 1. The van der Waals surface area contributed by atoms with Crippen molar-refractivity contribution in [3.63, 3.8) is 0 Å². The molecule has 0 unspecified atom stereocenters. The molecule has 1 fully saturated rings. The number of likely N-dealkylation sites (tertiary alicyclic amines) is 1. The number of amides is 1. The number of rotatable bonds is 5. The normalized spacial score (nSPS) is 20.3. The van der Waals surface area contributed by atoms with Crippen molar-refractivity contribution in [1.82, 2.24) is 14.8 Å². The molecule has 1 N–H and O–H groups in total. The Labute approximate surface area is 142 Å². The fraction of sp³-hybridized carbons (Fsp3) is 0.526. The third-order valence-corrected chi connectivity index (χ3v) is 5.16. The van der Waals surface area contributed by atoms with E-state index >= 15 is 0 Å². The molecule has 5 heteroatoms. The van der Waals surface area contributed by atoms with E-state index in [0.717, 1.165) is 54.9 Å².